The first-order valence-corrected chi connectivity index (χ1v) is 19.5. The molecule has 272 valence electrons. The number of aliphatic imine (C=N–C) groups is 1. The third-order valence-corrected chi connectivity index (χ3v) is 12.8. The summed E-state index contributed by atoms with van der Waals surface area (Å²) in [4.78, 5) is 67.4. The number of aromatic nitrogens is 4. The van der Waals surface area contributed by atoms with Crippen LogP contribution in [0.2, 0.25) is 0 Å². The first-order valence-electron chi connectivity index (χ1n) is 19.5. The molecule has 0 radical (unpaired) electrons. The molecule has 2 aromatic rings. The Bertz CT molecular complexity index is 1810. The van der Waals surface area contributed by atoms with E-state index in [0.29, 0.717) is 79.1 Å². The van der Waals surface area contributed by atoms with Crippen LogP contribution in [0.3, 0.4) is 0 Å². The number of aromatic amines is 1. The number of imide groups is 1. The minimum Gasteiger partial charge on any atom is -0.369 e. The van der Waals surface area contributed by atoms with Gasteiger partial charge >= 0.3 is 11.7 Å². The van der Waals surface area contributed by atoms with E-state index < -0.39 is 0 Å². The van der Waals surface area contributed by atoms with Crippen LogP contribution in [-0.2, 0) is 22.6 Å². The first kappa shape index (κ1) is 33.7. The van der Waals surface area contributed by atoms with Gasteiger partial charge in [0.25, 0.3) is 11.5 Å². The number of fused-ring (bicyclic) bond motifs is 9. The van der Waals surface area contributed by atoms with E-state index in [4.69, 9.17) is 14.7 Å². The van der Waals surface area contributed by atoms with Crippen molar-refractivity contribution in [2.24, 2.45) is 40.5 Å². The van der Waals surface area contributed by atoms with Gasteiger partial charge in [0.05, 0.1) is 12.2 Å². The Labute approximate surface area is 293 Å². The number of nitrogens with one attached hydrogen (secondary N) is 2. The lowest BCUT2D eigenvalue weighted by atomic mass is 9.81. The second-order valence-electron chi connectivity index (χ2n) is 16.1. The van der Waals surface area contributed by atoms with Crippen LogP contribution in [0.4, 0.5) is 4.79 Å². The molecule has 3 amide bonds. The number of H-pyrrole nitrogens is 1. The summed E-state index contributed by atoms with van der Waals surface area (Å²) < 4.78 is 8.77. The van der Waals surface area contributed by atoms with E-state index in [2.05, 4.69) is 24.1 Å². The number of hydrogen-bond acceptors (Lipinski definition) is 8. The molecule has 5 heterocycles. The molecule has 2 saturated heterocycles. The predicted molar refractivity (Wildman–Crippen MR) is 189 cm³/mol. The molecular weight excluding hydrogens is 636 g/mol. The molecule has 13 heteroatoms. The van der Waals surface area contributed by atoms with Crippen LogP contribution in [0.15, 0.2) is 14.6 Å². The number of urea groups is 1. The Morgan fingerprint density at radius 1 is 0.800 bits per heavy atom. The van der Waals surface area contributed by atoms with Crippen LogP contribution in [0.1, 0.15) is 104 Å². The summed E-state index contributed by atoms with van der Waals surface area (Å²) in [7, 11) is 0. The Balaban J connectivity index is 0.000000144. The lowest BCUT2D eigenvalue weighted by Crippen LogP contribution is -2.65. The number of nitrogens with zero attached hydrogens (tertiary/aromatic N) is 6. The Hall–Kier alpha value is -3.48. The molecule has 9 rings (SSSR count). The zero-order valence-electron chi connectivity index (χ0n) is 30.3. The normalized spacial score (nSPS) is 36.1. The SMILES string of the molecule is CCCN1C(=O)C2NC(C3CC4CC(C)C3C4)=NC2N(CCC)C1=O.CCCn1c(=O)c2[nH]c(C3CC4CC3C3OC43)nc2n(CCC)c1=O. The molecule has 4 saturated carbocycles. The zero-order valence-corrected chi connectivity index (χ0v) is 30.3. The van der Waals surface area contributed by atoms with E-state index in [-0.39, 0.29) is 35.4 Å². The maximum absolute atomic E-state index is 12.9. The van der Waals surface area contributed by atoms with Crippen molar-refractivity contribution in [2.75, 3.05) is 13.1 Å². The van der Waals surface area contributed by atoms with Gasteiger partial charge in [0.15, 0.2) is 11.8 Å². The molecule has 4 bridgehead atoms. The Morgan fingerprint density at radius 2 is 1.54 bits per heavy atom. The summed E-state index contributed by atoms with van der Waals surface area (Å²) in [6, 6.07) is -0.553. The molecule has 3 aliphatic heterocycles. The maximum atomic E-state index is 12.9. The fourth-order valence-electron chi connectivity index (χ4n) is 10.7. The molecular formula is C37H54N8O5. The van der Waals surface area contributed by atoms with E-state index in [0.717, 1.165) is 55.6 Å². The van der Waals surface area contributed by atoms with Crippen LogP contribution in [-0.4, -0.2) is 84.2 Å². The minimum atomic E-state index is -0.389. The number of hydrogen-bond donors (Lipinski definition) is 2. The van der Waals surface area contributed by atoms with Gasteiger partial charge in [0.2, 0.25) is 0 Å². The highest BCUT2D eigenvalue weighted by Gasteiger charge is 2.64. The number of amides is 3. The van der Waals surface area contributed by atoms with Crippen LogP contribution in [0, 0.1) is 35.5 Å². The summed E-state index contributed by atoms with van der Waals surface area (Å²) in [6.07, 6.45) is 9.87. The van der Waals surface area contributed by atoms with Gasteiger partial charge in [-0.15, -0.1) is 0 Å². The predicted octanol–water partition coefficient (Wildman–Crippen LogP) is 4.05. The monoisotopic (exact) mass is 690 g/mol. The Morgan fingerprint density at radius 3 is 2.20 bits per heavy atom. The molecule has 11 atom stereocenters. The summed E-state index contributed by atoms with van der Waals surface area (Å²) >= 11 is 0. The fraction of sp³-hybridized carbons (Fsp3) is 0.784. The summed E-state index contributed by atoms with van der Waals surface area (Å²) in [5.74, 6) is 5.95. The van der Waals surface area contributed by atoms with Gasteiger partial charge in [-0.05, 0) is 87.4 Å². The fourth-order valence-corrected chi connectivity index (χ4v) is 10.7. The average Bonchev–Trinajstić information content (AvgIpc) is 3.73. The van der Waals surface area contributed by atoms with E-state index in [1.54, 1.807) is 9.47 Å². The van der Waals surface area contributed by atoms with Crippen LogP contribution in [0.25, 0.3) is 11.2 Å². The average molecular weight is 691 g/mol. The number of rotatable bonds is 10. The molecule has 0 spiro atoms. The number of ether oxygens (including phenoxy) is 1. The third kappa shape index (κ3) is 5.27. The van der Waals surface area contributed by atoms with Gasteiger partial charge < -0.3 is 15.0 Å². The van der Waals surface area contributed by atoms with E-state index >= 15 is 0 Å². The first-order chi connectivity index (χ1) is 24.2. The second kappa shape index (κ2) is 12.9. The number of aryl methyl sites for hydroxylation is 1. The second-order valence-corrected chi connectivity index (χ2v) is 16.1. The van der Waals surface area contributed by atoms with Gasteiger partial charge in [0, 0.05) is 38.0 Å². The topological polar surface area (TPSA) is 150 Å². The van der Waals surface area contributed by atoms with Crippen molar-refractivity contribution in [1.29, 1.82) is 0 Å². The number of carbonyl (C=O) groups is 2. The van der Waals surface area contributed by atoms with E-state index in [1.807, 2.05) is 20.8 Å². The number of carbonyl (C=O) groups excluding carboxylic acids is 2. The maximum Gasteiger partial charge on any atom is 0.332 e. The largest absolute Gasteiger partial charge is 0.369 e. The molecule has 11 unspecified atom stereocenters. The van der Waals surface area contributed by atoms with Gasteiger partial charge in [0.1, 0.15) is 23.2 Å². The standard InChI is InChI=1S/C19H30N4O2.C18H24N4O3/c1-4-6-22-17-15(18(24)23(7-5-2)19(22)25)20-16(21-17)14-10-12-8-11(3)13(14)9-12;1-3-5-21-16-12(17(23)22(6-4-2)18(21)24)19-15(20-16)11-8-9-7-10(11)14-13(9)25-14/h11-15,17H,4-10H2,1-3H3,(H,20,21);9-11,13-14H,3-8H2,1-2H3,(H,19,20). The van der Waals surface area contributed by atoms with Crippen LogP contribution >= 0.6 is 0 Å². The number of epoxide rings is 1. The van der Waals surface area contributed by atoms with Crippen molar-refractivity contribution in [3.05, 3.63) is 26.7 Å². The highest BCUT2D eigenvalue weighted by molar-refractivity contribution is 6.04. The number of amidine groups is 1. The summed E-state index contributed by atoms with van der Waals surface area (Å²) in [5.41, 5.74) is 0.525. The van der Waals surface area contributed by atoms with Crippen LogP contribution < -0.4 is 16.6 Å². The molecule has 13 nitrogen and oxygen atoms in total. The molecule has 2 aromatic heterocycles. The molecule has 4 aliphatic carbocycles. The lowest BCUT2D eigenvalue weighted by Gasteiger charge is -2.40. The van der Waals surface area contributed by atoms with Crippen molar-refractivity contribution >= 4 is 28.9 Å². The van der Waals surface area contributed by atoms with E-state index in [1.165, 1.54) is 35.2 Å². The third-order valence-electron chi connectivity index (χ3n) is 12.8. The molecule has 2 N–H and O–H groups in total. The summed E-state index contributed by atoms with van der Waals surface area (Å²) in [5, 5.41) is 3.45. The zero-order chi connectivity index (χ0) is 35.0. The number of imidazole rings is 1. The highest BCUT2D eigenvalue weighted by Crippen LogP contribution is 2.61. The molecule has 50 heavy (non-hydrogen) atoms. The minimum absolute atomic E-state index is 0.0980. The van der Waals surface area contributed by atoms with Crippen molar-refractivity contribution in [2.45, 2.75) is 136 Å². The summed E-state index contributed by atoms with van der Waals surface area (Å²) in [6.45, 7) is 12.6. The molecule has 7 aliphatic rings. The highest BCUT2D eigenvalue weighted by atomic mass is 16.6. The van der Waals surface area contributed by atoms with Crippen molar-refractivity contribution in [3.8, 4) is 0 Å². The van der Waals surface area contributed by atoms with E-state index in [9.17, 15) is 19.2 Å². The van der Waals surface area contributed by atoms with Gasteiger partial charge in [-0.1, -0.05) is 34.6 Å². The van der Waals surface area contributed by atoms with Crippen molar-refractivity contribution < 1.29 is 14.3 Å². The van der Waals surface area contributed by atoms with Gasteiger partial charge in [-0.25, -0.2) is 19.6 Å². The smallest absolute Gasteiger partial charge is 0.332 e. The Kier molecular flexibility index (Phi) is 8.71. The van der Waals surface area contributed by atoms with Gasteiger partial charge in [-0.2, -0.15) is 0 Å². The van der Waals surface area contributed by atoms with Crippen molar-refractivity contribution in [1.82, 2.24) is 34.2 Å². The van der Waals surface area contributed by atoms with Crippen molar-refractivity contribution in [3.63, 3.8) is 0 Å². The van der Waals surface area contributed by atoms with Crippen LogP contribution in [0.5, 0.6) is 0 Å². The molecule has 6 fully saturated rings. The molecule has 0 aromatic carbocycles. The van der Waals surface area contributed by atoms with Gasteiger partial charge in [-0.3, -0.25) is 28.5 Å². The lowest BCUT2D eigenvalue weighted by molar-refractivity contribution is -0.134. The quantitative estimate of drug-likeness (QED) is 0.357.